The number of aliphatic imine (C=N–C) groups is 1. The van der Waals surface area contributed by atoms with E-state index >= 15 is 0 Å². The number of morpholine rings is 1. The molecule has 0 spiro atoms. The lowest BCUT2D eigenvalue weighted by molar-refractivity contribution is -0.0104. The molecule has 2 unspecified atom stereocenters. The van der Waals surface area contributed by atoms with E-state index in [9.17, 15) is 0 Å². The van der Waals surface area contributed by atoms with Crippen molar-refractivity contribution in [2.45, 2.75) is 31.7 Å². The first kappa shape index (κ1) is 20.0. The molecule has 2 aliphatic rings. The topological polar surface area (TPSA) is 48.9 Å². The van der Waals surface area contributed by atoms with Crippen molar-refractivity contribution in [1.29, 1.82) is 0 Å². The lowest BCUT2D eigenvalue weighted by Gasteiger charge is -2.42. The van der Waals surface area contributed by atoms with Gasteiger partial charge in [0.15, 0.2) is 5.96 Å². The Morgan fingerprint density at radius 1 is 1.38 bits per heavy atom. The predicted molar refractivity (Wildman–Crippen MR) is 114 cm³/mol. The van der Waals surface area contributed by atoms with Gasteiger partial charge in [-0.2, -0.15) is 23.1 Å². The maximum absolute atomic E-state index is 5.56. The number of hydrogen-bond acceptors (Lipinski definition) is 5. The van der Waals surface area contributed by atoms with Gasteiger partial charge in [0, 0.05) is 31.9 Å². The molecule has 2 atom stereocenters. The number of guanidine groups is 1. The molecule has 7 heteroatoms. The minimum atomic E-state index is 0.204. The summed E-state index contributed by atoms with van der Waals surface area (Å²) < 4.78 is 5.56. The molecule has 0 amide bonds. The van der Waals surface area contributed by atoms with E-state index in [-0.39, 0.29) is 5.54 Å². The van der Waals surface area contributed by atoms with Crippen LogP contribution >= 0.6 is 23.1 Å². The first-order valence-corrected chi connectivity index (χ1v) is 11.8. The molecule has 0 saturated carbocycles. The number of ether oxygens (including phenoxy) is 1. The van der Waals surface area contributed by atoms with Gasteiger partial charge >= 0.3 is 0 Å². The van der Waals surface area contributed by atoms with Crippen LogP contribution in [0.1, 0.15) is 31.7 Å². The Balaban J connectivity index is 1.61. The fourth-order valence-electron chi connectivity index (χ4n) is 3.60. The first-order chi connectivity index (χ1) is 12.7. The summed E-state index contributed by atoms with van der Waals surface area (Å²) in [4.78, 5) is 7.62. The molecule has 3 rings (SSSR count). The number of nitrogens with one attached hydrogen (secondary N) is 2. The van der Waals surface area contributed by atoms with E-state index in [2.05, 4.69) is 58.0 Å². The van der Waals surface area contributed by atoms with Crippen molar-refractivity contribution in [3.8, 4) is 0 Å². The van der Waals surface area contributed by atoms with Crippen LogP contribution in [-0.2, 0) is 4.74 Å². The van der Waals surface area contributed by atoms with Gasteiger partial charge in [0.05, 0.1) is 25.3 Å². The van der Waals surface area contributed by atoms with Crippen LogP contribution in [0.15, 0.2) is 21.8 Å². The highest BCUT2D eigenvalue weighted by Crippen LogP contribution is 2.34. The summed E-state index contributed by atoms with van der Waals surface area (Å²) in [5.41, 5.74) is 1.60. The zero-order valence-electron chi connectivity index (χ0n) is 16.0. The van der Waals surface area contributed by atoms with Crippen molar-refractivity contribution in [2.75, 3.05) is 57.4 Å². The van der Waals surface area contributed by atoms with Crippen LogP contribution in [-0.4, -0.2) is 73.8 Å². The van der Waals surface area contributed by atoms with Gasteiger partial charge in [0.25, 0.3) is 0 Å². The third-order valence-electron chi connectivity index (χ3n) is 5.33. The van der Waals surface area contributed by atoms with E-state index in [1.54, 1.807) is 11.3 Å². The fourth-order valence-corrected chi connectivity index (χ4v) is 5.85. The summed E-state index contributed by atoms with van der Waals surface area (Å²) in [6.45, 7) is 10.8. The molecule has 2 N–H and O–H groups in total. The van der Waals surface area contributed by atoms with Crippen LogP contribution in [0.4, 0.5) is 0 Å². The second-order valence-corrected chi connectivity index (χ2v) is 9.05. The summed E-state index contributed by atoms with van der Waals surface area (Å²) in [5, 5.41) is 11.3. The Kier molecular flexibility index (Phi) is 7.66. The van der Waals surface area contributed by atoms with Gasteiger partial charge in [-0.1, -0.05) is 6.92 Å². The van der Waals surface area contributed by atoms with Gasteiger partial charge in [-0.3, -0.25) is 9.89 Å². The number of nitrogens with zero attached hydrogens (tertiary/aromatic N) is 2. The monoisotopic (exact) mass is 396 g/mol. The van der Waals surface area contributed by atoms with E-state index in [4.69, 9.17) is 9.73 Å². The highest BCUT2D eigenvalue weighted by molar-refractivity contribution is 7.99. The second kappa shape index (κ2) is 9.97. The smallest absolute Gasteiger partial charge is 0.191 e. The van der Waals surface area contributed by atoms with Crippen LogP contribution < -0.4 is 10.6 Å². The number of thiophene rings is 1. The third-order valence-corrected chi connectivity index (χ3v) is 7.26. The van der Waals surface area contributed by atoms with Crippen molar-refractivity contribution in [2.24, 2.45) is 4.99 Å². The Morgan fingerprint density at radius 3 is 2.88 bits per heavy atom. The van der Waals surface area contributed by atoms with Gasteiger partial charge in [-0.25, -0.2) is 0 Å². The molecule has 2 aliphatic heterocycles. The molecule has 1 aromatic rings. The Hall–Kier alpha value is -0.760. The molecule has 1 aromatic heterocycles. The van der Waals surface area contributed by atoms with Gasteiger partial charge < -0.3 is 15.4 Å². The lowest BCUT2D eigenvalue weighted by atomic mass is 9.96. The summed E-state index contributed by atoms with van der Waals surface area (Å²) in [7, 11) is 0. The Labute approximate surface area is 166 Å². The van der Waals surface area contributed by atoms with Gasteiger partial charge in [-0.05, 0) is 47.4 Å². The van der Waals surface area contributed by atoms with Crippen LogP contribution in [0.25, 0.3) is 0 Å². The van der Waals surface area contributed by atoms with Crippen molar-refractivity contribution in [3.63, 3.8) is 0 Å². The lowest BCUT2D eigenvalue weighted by Crippen LogP contribution is -2.56. The van der Waals surface area contributed by atoms with Crippen molar-refractivity contribution in [1.82, 2.24) is 15.5 Å². The zero-order valence-corrected chi connectivity index (χ0v) is 17.6. The Bertz CT molecular complexity index is 552. The third kappa shape index (κ3) is 5.15. The quantitative estimate of drug-likeness (QED) is 0.548. The van der Waals surface area contributed by atoms with E-state index in [1.807, 2.05) is 0 Å². The molecular weight excluding hydrogens is 364 g/mol. The van der Waals surface area contributed by atoms with E-state index in [0.717, 1.165) is 51.9 Å². The highest BCUT2D eigenvalue weighted by Gasteiger charge is 2.40. The standard InChI is InChI=1S/C19H32N4OS2/c1-3-20-18(21-12-16(2)17-4-10-25-13-17)22-14-19(5-11-26-15-19)23-6-8-24-9-7-23/h4,10,13,16H,3,5-9,11-12,14-15H2,1-2H3,(H2,20,21,22). The molecule has 3 heterocycles. The zero-order chi connectivity index (χ0) is 18.2. The molecule has 0 bridgehead atoms. The average molecular weight is 397 g/mol. The van der Waals surface area contributed by atoms with E-state index < -0.39 is 0 Å². The summed E-state index contributed by atoms with van der Waals surface area (Å²) >= 11 is 3.83. The largest absolute Gasteiger partial charge is 0.379 e. The number of hydrogen-bond donors (Lipinski definition) is 2. The summed E-state index contributed by atoms with van der Waals surface area (Å²) in [6, 6.07) is 2.21. The molecular formula is C19H32N4OS2. The van der Waals surface area contributed by atoms with Crippen LogP contribution in [0.3, 0.4) is 0 Å². The molecule has 0 radical (unpaired) electrons. The molecule has 2 fully saturated rings. The Morgan fingerprint density at radius 2 is 2.23 bits per heavy atom. The van der Waals surface area contributed by atoms with Crippen molar-refractivity contribution >= 4 is 29.1 Å². The number of thioether (sulfide) groups is 1. The minimum Gasteiger partial charge on any atom is -0.379 e. The SMILES string of the molecule is CCNC(=NCC1(N2CCOCC2)CCSC1)NCC(C)c1ccsc1. The van der Waals surface area contributed by atoms with Crippen molar-refractivity contribution in [3.05, 3.63) is 22.4 Å². The molecule has 0 aromatic carbocycles. The average Bonchev–Trinajstić information content (AvgIpc) is 3.37. The van der Waals surface area contributed by atoms with Gasteiger partial charge in [-0.15, -0.1) is 0 Å². The maximum atomic E-state index is 5.56. The van der Waals surface area contributed by atoms with E-state index in [0.29, 0.717) is 5.92 Å². The molecule has 2 saturated heterocycles. The first-order valence-electron chi connectivity index (χ1n) is 9.68. The van der Waals surface area contributed by atoms with Crippen molar-refractivity contribution < 1.29 is 4.74 Å². The van der Waals surface area contributed by atoms with Gasteiger partial charge in [0.2, 0.25) is 0 Å². The van der Waals surface area contributed by atoms with Crippen LogP contribution in [0, 0.1) is 0 Å². The van der Waals surface area contributed by atoms with Gasteiger partial charge in [0.1, 0.15) is 0 Å². The summed E-state index contributed by atoms with van der Waals surface area (Å²) in [5.74, 6) is 3.85. The summed E-state index contributed by atoms with van der Waals surface area (Å²) in [6.07, 6.45) is 1.23. The molecule has 146 valence electrons. The normalized spacial score (nSPS) is 26.0. The van der Waals surface area contributed by atoms with Crippen LogP contribution in [0.5, 0.6) is 0 Å². The maximum Gasteiger partial charge on any atom is 0.191 e. The molecule has 26 heavy (non-hydrogen) atoms. The second-order valence-electron chi connectivity index (χ2n) is 7.16. The molecule has 5 nitrogen and oxygen atoms in total. The minimum absolute atomic E-state index is 0.204. The highest BCUT2D eigenvalue weighted by atomic mass is 32.2. The van der Waals surface area contributed by atoms with Crippen LogP contribution in [0.2, 0.25) is 0 Å². The molecule has 0 aliphatic carbocycles. The van der Waals surface area contributed by atoms with E-state index in [1.165, 1.54) is 23.5 Å². The predicted octanol–water partition coefficient (Wildman–Crippen LogP) is 2.61. The fraction of sp³-hybridized carbons (Fsp3) is 0.737. The number of rotatable bonds is 7.